The SMILES string of the molecule is Cc1ccc(N2C[C@H](C(=O)OC/C(O)=C(\C#N)c3nc4ccccc4[nH]3)CC2=O)cc1. The van der Waals surface area contributed by atoms with Gasteiger partial charge in [0, 0.05) is 18.7 Å². The molecular formula is C23H20N4O4. The number of aromatic nitrogens is 2. The topological polar surface area (TPSA) is 119 Å². The van der Waals surface area contributed by atoms with Crippen molar-refractivity contribution in [3.8, 4) is 6.07 Å². The number of carbonyl (C=O) groups is 2. The lowest BCUT2D eigenvalue weighted by Gasteiger charge is -2.16. The third-order valence-corrected chi connectivity index (χ3v) is 5.18. The molecule has 0 bridgehead atoms. The van der Waals surface area contributed by atoms with Crippen molar-refractivity contribution in [2.75, 3.05) is 18.1 Å². The first kappa shape index (κ1) is 20.2. The van der Waals surface area contributed by atoms with E-state index in [-0.39, 0.29) is 30.3 Å². The van der Waals surface area contributed by atoms with Gasteiger partial charge in [-0.1, -0.05) is 29.8 Å². The Labute approximate surface area is 178 Å². The number of hydrogen-bond acceptors (Lipinski definition) is 6. The third kappa shape index (κ3) is 4.12. The molecule has 31 heavy (non-hydrogen) atoms. The standard InChI is InChI=1S/C23H20N4O4/c1-14-6-8-16(9-7-14)27-12-15(10-21(27)29)23(30)31-13-20(28)17(11-24)22-25-18-4-2-3-5-19(18)26-22/h2-9,15,28H,10,12-13H2,1H3,(H,25,26)/b20-17-/t15-/m1/s1. The molecule has 8 nitrogen and oxygen atoms in total. The molecule has 2 heterocycles. The zero-order valence-corrected chi connectivity index (χ0v) is 16.8. The summed E-state index contributed by atoms with van der Waals surface area (Å²) >= 11 is 0. The van der Waals surface area contributed by atoms with Crippen LogP contribution in [0, 0.1) is 24.2 Å². The number of carbonyl (C=O) groups excluding carboxylic acids is 2. The summed E-state index contributed by atoms with van der Waals surface area (Å²) in [7, 11) is 0. The van der Waals surface area contributed by atoms with E-state index in [2.05, 4.69) is 9.97 Å². The van der Waals surface area contributed by atoms with Crippen LogP contribution < -0.4 is 4.90 Å². The number of imidazole rings is 1. The fourth-order valence-electron chi connectivity index (χ4n) is 3.49. The number of esters is 1. The molecule has 0 spiro atoms. The highest BCUT2D eigenvalue weighted by atomic mass is 16.5. The molecule has 1 amide bonds. The normalized spacial score (nSPS) is 16.8. The van der Waals surface area contributed by atoms with E-state index in [1.807, 2.05) is 49.4 Å². The van der Waals surface area contributed by atoms with Gasteiger partial charge in [0.2, 0.25) is 5.91 Å². The minimum atomic E-state index is -0.640. The molecule has 0 radical (unpaired) electrons. The molecule has 0 aliphatic carbocycles. The second kappa shape index (κ2) is 8.32. The number of nitrogens with zero attached hydrogens (tertiary/aromatic N) is 3. The highest BCUT2D eigenvalue weighted by molar-refractivity contribution is 5.99. The summed E-state index contributed by atoms with van der Waals surface area (Å²) in [5.41, 5.74) is 3.07. The molecule has 1 fully saturated rings. The van der Waals surface area contributed by atoms with Crippen LogP contribution in [-0.4, -0.2) is 40.1 Å². The zero-order chi connectivity index (χ0) is 22.0. The van der Waals surface area contributed by atoms with E-state index in [0.29, 0.717) is 5.52 Å². The number of anilines is 1. The number of amides is 1. The monoisotopic (exact) mass is 416 g/mol. The van der Waals surface area contributed by atoms with Crippen molar-refractivity contribution in [2.45, 2.75) is 13.3 Å². The van der Waals surface area contributed by atoms with Crippen molar-refractivity contribution in [1.82, 2.24) is 9.97 Å². The Balaban J connectivity index is 1.43. The average molecular weight is 416 g/mol. The minimum Gasteiger partial charge on any atom is -0.507 e. The highest BCUT2D eigenvalue weighted by Crippen LogP contribution is 2.26. The molecule has 8 heteroatoms. The predicted octanol–water partition coefficient (Wildman–Crippen LogP) is 3.26. The number of nitriles is 1. The first-order valence-corrected chi connectivity index (χ1v) is 9.77. The summed E-state index contributed by atoms with van der Waals surface area (Å²) in [5, 5.41) is 19.8. The van der Waals surface area contributed by atoms with E-state index in [4.69, 9.17) is 4.74 Å². The van der Waals surface area contributed by atoms with Crippen molar-refractivity contribution in [3.63, 3.8) is 0 Å². The van der Waals surface area contributed by atoms with Crippen molar-refractivity contribution < 1.29 is 19.4 Å². The molecule has 1 aliphatic heterocycles. The summed E-state index contributed by atoms with van der Waals surface area (Å²) in [6.07, 6.45) is 0.0336. The number of aliphatic hydroxyl groups excluding tert-OH is 1. The van der Waals surface area contributed by atoms with E-state index in [1.165, 1.54) is 0 Å². The molecule has 4 rings (SSSR count). The minimum absolute atomic E-state index is 0.0336. The summed E-state index contributed by atoms with van der Waals surface area (Å²) in [5.74, 6) is -1.62. The van der Waals surface area contributed by atoms with Crippen LogP contribution >= 0.6 is 0 Å². The number of aryl methyl sites for hydroxylation is 1. The summed E-state index contributed by atoms with van der Waals surface area (Å²) < 4.78 is 5.20. The van der Waals surface area contributed by atoms with E-state index >= 15 is 0 Å². The van der Waals surface area contributed by atoms with Crippen LogP contribution in [0.25, 0.3) is 16.6 Å². The first-order chi connectivity index (χ1) is 15.0. The van der Waals surface area contributed by atoms with Gasteiger partial charge in [0.15, 0.2) is 11.6 Å². The third-order valence-electron chi connectivity index (χ3n) is 5.18. The number of para-hydroxylation sites is 2. The van der Waals surface area contributed by atoms with E-state index < -0.39 is 24.3 Å². The van der Waals surface area contributed by atoms with Gasteiger partial charge in [-0.05, 0) is 31.2 Å². The van der Waals surface area contributed by atoms with Gasteiger partial charge < -0.3 is 19.7 Å². The molecule has 2 N–H and O–H groups in total. The van der Waals surface area contributed by atoms with Gasteiger partial charge in [0.25, 0.3) is 0 Å². The van der Waals surface area contributed by atoms with Crippen LogP contribution in [-0.2, 0) is 14.3 Å². The quantitative estimate of drug-likeness (QED) is 0.374. The number of nitrogens with one attached hydrogen (secondary N) is 1. The maximum absolute atomic E-state index is 12.5. The van der Waals surface area contributed by atoms with Gasteiger partial charge >= 0.3 is 5.97 Å². The van der Waals surface area contributed by atoms with Crippen molar-refractivity contribution in [1.29, 1.82) is 5.26 Å². The lowest BCUT2D eigenvalue weighted by molar-refractivity contribution is -0.148. The Morgan fingerprint density at radius 2 is 2.03 bits per heavy atom. The lowest BCUT2D eigenvalue weighted by Crippen LogP contribution is -2.26. The predicted molar refractivity (Wildman–Crippen MR) is 114 cm³/mol. The highest BCUT2D eigenvalue weighted by Gasteiger charge is 2.36. The van der Waals surface area contributed by atoms with Crippen LogP contribution in [0.3, 0.4) is 0 Å². The molecule has 1 aliphatic rings. The van der Waals surface area contributed by atoms with Gasteiger partial charge in [-0.2, -0.15) is 5.26 Å². The van der Waals surface area contributed by atoms with E-state index in [9.17, 15) is 20.0 Å². The Bertz CT molecular complexity index is 1190. The van der Waals surface area contributed by atoms with Crippen molar-refractivity contribution in [2.24, 2.45) is 5.92 Å². The van der Waals surface area contributed by atoms with Gasteiger partial charge in [0.05, 0.1) is 17.0 Å². The van der Waals surface area contributed by atoms with Crippen molar-refractivity contribution >= 4 is 34.2 Å². The number of hydrogen-bond donors (Lipinski definition) is 2. The number of fused-ring (bicyclic) bond motifs is 1. The lowest BCUT2D eigenvalue weighted by atomic mass is 10.1. The maximum atomic E-state index is 12.5. The van der Waals surface area contributed by atoms with Gasteiger partial charge in [-0.3, -0.25) is 9.59 Å². The molecule has 1 aromatic heterocycles. The molecule has 3 aromatic rings. The Hall–Kier alpha value is -4.12. The maximum Gasteiger partial charge on any atom is 0.311 e. The Kier molecular flexibility index (Phi) is 5.41. The molecule has 1 saturated heterocycles. The van der Waals surface area contributed by atoms with Gasteiger partial charge in [-0.15, -0.1) is 0 Å². The number of ether oxygens (including phenoxy) is 1. The van der Waals surface area contributed by atoms with Gasteiger partial charge in [-0.25, -0.2) is 4.98 Å². The second-order valence-corrected chi connectivity index (χ2v) is 7.38. The first-order valence-electron chi connectivity index (χ1n) is 9.77. The summed E-state index contributed by atoms with van der Waals surface area (Å²) in [6, 6.07) is 16.6. The van der Waals surface area contributed by atoms with Crippen LogP contribution in [0.5, 0.6) is 0 Å². The smallest absolute Gasteiger partial charge is 0.311 e. The molecular weight excluding hydrogens is 396 g/mol. The fraction of sp³-hybridized carbons (Fsp3) is 0.217. The molecule has 0 saturated carbocycles. The number of allylic oxidation sites excluding steroid dienone is 1. The van der Waals surface area contributed by atoms with Crippen LogP contribution in [0.2, 0.25) is 0 Å². The van der Waals surface area contributed by atoms with E-state index in [0.717, 1.165) is 16.8 Å². The number of H-pyrrole nitrogens is 1. The van der Waals surface area contributed by atoms with Crippen molar-refractivity contribution in [3.05, 3.63) is 65.7 Å². The average Bonchev–Trinajstić information content (AvgIpc) is 3.36. The van der Waals surface area contributed by atoms with E-state index in [1.54, 1.807) is 17.0 Å². The number of aliphatic hydroxyl groups is 1. The number of aromatic amines is 1. The zero-order valence-electron chi connectivity index (χ0n) is 16.8. The molecule has 2 aromatic carbocycles. The summed E-state index contributed by atoms with van der Waals surface area (Å²) in [6.45, 7) is 1.68. The molecule has 0 unspecified atom stereocenters. The van der Waals surface area contributed by atoms with Crippen LogP contribution in [0.4, 0.5) is 5.69 Å². The molecule has 1 atom stereocenters. The van der Waals surface area contributed by atoms with Crippen LogP contribution in [0.1, 0.15) is 17.8 Å². The number of rotatable bonds is 5. The largest absolute Gasteiger partial charge is 0.507 e. The van der Waals surface area contributed by atoms with Crippen LogP contribution in [0.15, 0.2) is 54.3 Å². The second-order valence-electron chi connectivity index (χ2n) is 7.38. The summed E-state index contributed by atoms with van der Waals surface area (Å²) in [4.78, 5) is 33.6. The number of benzene rings is 2. The Morgan fingerprint density at radius 3 is 2.74 bits per heavy atom. The fourth-order valence-corrected chi connectivity index (χ4v) is 3.49. The van der Waals surface area contributed by atoms with Gasteiger partial charge in [0.1, 0.15) is 18.2 Å². The Morgan fingerprint density at radius 1 is 1.29 bits per heavy atom. The molecule has 156 valence electrons.